The van der Waals surface area contributed by atoms with Crippen LogP contribution < -0.4 is 0 Å². The third-order valence-electron chi connectivity index (χ3n) is 0.515. The molecule has 0 amide bonds. The van der Waals surface area contributed by atoms with E-state index in [1.54, 1.807) is 0 Å². The van der Waals surface area contributed by atoms with Crippen LogP contribution in [0.1, 0.15) is 0 Å². The zero-order valence-corrected chi connectivity index (χ0v) is 7.82. The van der Waals surface area contributed by atoms with Crippen molar-refractivity contribution >= 4 is 5.78 Å². The van der Waals surface area contributed by atoms with Crippen LogP contribution in [-0.4, -0.2) is 18.1 Å². The van der Waals surface area contributed by atoms with Crippen molar-refractivity contribution in [2.75, 3.05) is 0 Å². The van der Waals surface area contributed by atoms with Gasteiger partial charge >= 0.3 is 18.1 Å². The van der Waals surface area contributed by atoms with Gasteiger partial charge in [0.15, 0.2) is 0 Å². The molecular weight excluding hydrogens is 306 g/mol. The van der Waals surface area contributed by atoms with Gasteiger partial charge in [-0.1, -0.05) is 0 Å². The molecule has 0 aromatic carbocycles. The van der Waals surface area contributed by atoms with Gasteiger partial charge in [0.05, 0.1) is 0 Å². The number of ketones is 1. The third kappa shape index (κ3) is 4.96. The van der Waals surface area contributed by atoms with Crippen LogP contribution in [0, 0.1) is 41.7 Å². The Hall–Kier alpha value is 0.627. The van der Waals surface area contributed by atoms with Crippen LogP contribution in [0.3, 0.4) is 0 Å². The number of carbonyl (C=O) groups is 1. The average molecular weight is 306 g/mol. The second-order valence-electron chi connectivity index (χ2n) is 1.32. The largest absolute Gasteiger partial charge is 0.459 e. The molecule has 1 nitrogen and oxygen atoms in total. The SMILES string of the molecule is O=C(C(F)(F)F)C(F)(F)F.[Ce]. The maximum Gasteiger partial charge on any atom is 0.459 e. The first-order valence-corrected chi connectivity index (χ1v) is 1.84. The van der Waals surface area contributed by atoms with Crippen molar-refractivity contribution in [2.24, 2.45) is 0 Å². The molecule has 0 fully saturated rings. The Morgan fingerprint density at radius 3 is 1.00 bits per heavy atom. The quantitative estimate of drug-likeness (QED) is 0.622. The number of halogens is 6. The minimum atomic E-state index is -5.82. The molecule has 0 aliphatic heterocycles. The van der Waals surface area contributed by atoms with Crippen LogP contribution in [-0.2, 0) is 4.79 Å². The van der Waals surface area contributed by atoms with Crippen LogP contribution in [0.15, 0.2) is 0 Å². The minimum absolute atomic E-state index is 0. The van der Waals surface area contributed by atoms with Crippen molar-refractivity contribution in [3.63, 3.8) is 0 Å². The van der Waals surface area contributed by atoms with Gasteiger partial charge in [0.2, 0.25) is 0 Å². The van der Waals surface area contributed by atoms with Gasteiger partial charge in [-0.15, -0.1) is 0 Å². The minimum Gasteiger partial charge on any atom is -0.279 e. The summed E-state index contributed by atoms with van der Waals surface area (Å²) in [4.78, 5) is 9.24. The number of hydrogen-bond donors (Lipinski definition) is 0. The van der Waals surface area contributed by atoms with Gasteiger partial charge in [-0.25, -0.2) is 0 Å². The number of rotatable bonds is 0. The van der Waals surface area contributed by atoms with Crippen molar-refractivity contribution in [1.82, 2.24) is 0 Å². The van der Waals surface area contributed by atoms with Gasteiger partial charge in [0.1, 0.15) is 0 Å². The molecule has 0 rings (SSSR count). The molecule has 11 heavy (non-hydrogen) atoms. The Morgan fingerprint density at radius 2 is 1.00 bits per heavy atom. The molecule has 0 saturated heterocycles. The van der Waals surface area contributed by atoms with Gasteiger partial charge in [-0.05, 0) is 0 Å². The van der Waals surface area contributed by atoms with E-state index < -0.39 is 18.1 Å². The first kappa shape index (κ1) is 14.2. The van der Waals surface area contributed by atoms with Crippen molar-refractivity contribution in [1.29, 1.82) is 0 Å². The molecule has 0 aliphatic rings. The average Bonchev–Trinajstić information content (AvgIpc) is 1.59. The van der Waals surface area contributed by atoms with Crippen LogP contribution >= 0.6 is 0 Å². The van der Waals surface area contributed by atoms with Crippen molar-refractivity contribution in [2.45, 2.75) is 12.4 Å². The maximum atomic E-state index is 10.9. The second-order valence-corrected chi connectivity index (χ2v) is 1.32. The van der Waals surface area contributed by atoms with Crippen LogP contribution in [0.4, 0.5) is 26.3 Å². The monoisotopic (exact) mass is 306 g/mol. The van der Waals surface area contributed by atoms with Gasteiger partial charge in [-0.2, -0.15) is 26.3 Å². The maximum absolute atomic E-state index is 10.9. The van der Waals surface area contributed by atoms with E-state index in [0.717, 1.165) is 0 Å². The molecule has 0 unspecified atom stereocenters. The van der Waals surface area contributed by atoms with E-state index >= 15 is 0 Å². The molecule has 0 saturated carbocycles. The van der Waals surface area contributed by atoms with E-state index in [-0.39, 0.29) is 41.7 Å². The molecule has 0 aliphatic carbocycles. The Morgan fingerprint density at radius 1 is 0.818 bits per heavy atom. The molecule has 0 bridgehead atoms. The van der Waals surface area contributed by atoms with E-state index in [2.05, 4.69) is 0 Å². The van der Waals surface area contributed by atoms with E-state index in [1.807, 2.05) is 0 Å². The molecule has 0 radical (unpaired) electrons. The van der Waals surface area contributed by atoms with Crippen LogP contribution in [0.5, 0.6) is 0 Å². The van der Waals surface area contributed by atoms with Gasteiger partial charge in [-0.3, -0.25) is 4.79 Å². The van der Waals surface area contributed by atoms with Crippen molar-refractivity contribution in [3.8, 4) is 0 Å². The molecule has 64 valence electrons. The van der Waals surface area contributed by atoms with E-state index in [0.29, 0.717) is 0 Å². The molecule has 0 aromatic rings. The Labute approximate surface area is 90.5 Å². The number of carbonyl (C=O) groups excluding carboxylic acids is 1. The van der Waals surface area contributed by atoms with Gasteiger partial charge in [0, 0.05) is 41.7 Å². The molecule has 0 N–H and O–H groups in total. The van der Waals surface area contributed by atoms with E-state index in [4.69, 9.17) is 0 Å². The van der Waals surface area contributed by atoms with Crippen LogP contribution in [0.2, 0.25) is 0 Å². The predicted octanol–water partition coefficient (Wildman–Crippen LogP) is 1.68. The summed E-state index contributed by atoms with van der Waals surface area (Å²) in [6.07, 6.45) is -11.6. The summed E-state index contributed by atoms with van der Waals surface area (Å²) >= 11 is 0. The fourth-order valence-electron chi connectivity index (χ4n) is 0.161. The number of hydrogen-bond acceptors (Lipinski definition) is 1. The smallest absolute Gasteiger partial charge is 0.279 e. The zero-order chi connectivity index (χ0) is 8.58. The normalized spacial score (nSPS) is 12.2. The molecule has 0 atom stereocenters. The summed E-state index contributed by atoms with van der Waals surface area (Å²) in [6.45, 7) is 0. The van der Waals surface area contributed by atoms with Gasteiger partial charge in [0.25, 0.3) is 0 Å². The summed E-state index contributed by atoms with van der Waals surface area (Å²) in [5.41, 5.74) is 0. The molecule has 8 heteroatoms. The Kier molecular flexibility index (Phi) is 5.19. The van der Waals surface area contributed by atoms with Gasteiger partial charge < -0.3 is 0 Å². The first-order valence-electron chi connectivity index (χ1n) is 1.84. The van der Waals surface area contributed by atoms with Crippen molar-refractivity contribution < 1.29 is 72.9 Å². The Bertz CT molecular complexity index is 129. The fourth-order valence-corrected chi connectivity index (χ4v) is 0.161. The standard InChI is InChI=1S/C3F6O.Ce/c4-2(5,6)1(10)3(7,8)9;. The number of alkyl halides is 6. The molecule has 0 heterocycles. The van der Waals surface area contributed by atoms with Crippen LogP contribution in [0.25, 0.3) is 0 Å². The summed E-state index contributed by atoms with van der Waals surface area (Å²) < 4.78 is 65.3. The fraction of sp³-hybridized carbons (Fsp3) is 0.667. The van der Waals surface area contributed by atoms with E-state index in [1.165, 1.54) is 0 Å². The zero-order valence-electron chi connectivity index (χ0n) is 4.68. The second kappa shape index (κ2) is 4.03. The Balaban J connectivity index is 0. The first-order chi connectivity index (χ1) is 4.15. The summed E-state index contributed by atoms with van der Waals surface area (Å²) in [6, 6.07) is 0. The molecule has 0 aromatic heterocycles. The summed E-state index contributed by atoms with van der Waals surface area (Å²) in [5.74, 6) is -3.68. The molecular formula is C3CeF6O. The molecule has 0 spiro atoms. The topological polar surface area (TPSA) is 17.1 Å². The number of Topliss-reactive ketones (excluding diaryl/α,β-unsaturated/α-hetero) is 1. The predicted molar refractivity (Wildman–Crippen MR) is 17.1 cm³/mol. The third-order valence-corrected chi connectivity index (χ3v) is 0.515. The van der Waals surface area contributed by atoms with Crippen molar-refractivity contribution in [3.05, 3.63) is 0 Å². The van der Waals surface area contributed by atoms with E-state index in [9.17, 15) is 31.1 Å². The summed E-state index contributed by atoms with van der Waals surface area (Å²) in [5, 5.41) is 0. The summed E-state index contributed by atoms with van der Waals surface area (Å²) in [7, 11) is 0.